The summed E-state index contributed by atoms with van der Waals surface area (Å²) in [5, 5.41) is 0.919. The van der Waals surface area contributed by atoms with Gasteiger partial charge in [-0.25, -0.2) is 0 Å². The minimum atomic E-state index is 0.691. The van der Waals surface area contributed by atoms with Crippen LogP contribution in [0.2, 0.25) is 0 Å². The Kier molecular flexibility index (Phi) is 3.29. The van der Waals surface area contributed by atoms with Crippen molar-refractivity contribution in [2.75, 3.05) is 12.3 Å². The summed E-state index contributed by atoms with van der Waals surface area (Å²) in [4.78, 5) is 4.34. The molecule has 0 aliphatic heterocycles. The number of benzene rings is 1. The van der Waals surface area contributed by atoms with Crippen LogP contribution in [0.25, 0.3) is 10.9 Å². The number of fused-ring (bicyclic) bond motifs is 1. The van der Waals surface area contributed by atoms with E-state index in [1.165, 1.54) is 0 Å². The number of nitrogens with two attached hydrogens (primary N) is 1. The van der Waals surface area contributed by atoms with Gasteiger partial charge in [0.1, 0.15) is 11.3 Å². The van der Waals surface area contributed by atoms with Gasteiger partial charge in [0.05, 0.1) is 6.61 Å². The molecule has 3 nitrogen and oxygen atoms in total. The number of nitrogen functional groups attached to an aromatic ring is 1. The zero-order valence-electron chi connectivity index (χ0n) is 9.03. The van der Waals surface area contributed by atoms with Crippen LogP contribution in [-0.2, 0) is 0 Å². The molecule has 0 radical (unpaired) electrons. The Labute approximate surface area is 103 Å². The monoisotopic (exact) mass is 280 g/mol. The van der Waals surface area contributed by atoms with Crippen LogP contribution >= 0.6 is 15.9 Å². The lowest BCUT2D eigenvalue weighted by atomic mass is 10.1. The zero-order chi connectivity index (χ0) is 11.5. The highest BCUT2D eigenvalue weighted by molar-refractivity contribution is 9.10. The highest BCUT2D eigenvalue weighted by Gasteiger charge is 2.06. The standard InChI is InChI=1S/C12H13BrN2O/c1-2-5-16-11-4-3-10(14)9-6-8(13)7-15-12(9)11/h3-4,6-7H,2,5,14H2,1H3. The molecule has 1 aromatic heterocycles. The second-order valence-corrected chi connectivity index (χ2v) is 4.47. The van der Waals surface area contributed by atoms with E-state index in [0.717, 1.165) is 27.5 Å². The van der Waals surface area contributed by atoms with Crippen LogP contribution in [-0.4, -0.2) is 11.6 Å². The van der Waals surface area contributed by atoms with Crippen molar-refractivity contribution in [3.05, 3.63) is 28.9 Å². The number of rotatable bonds is 3. The Morgan fingerprint density at radius 1 is 1.44 bits per heavy atom. The maximum absolute atomic E-state index is 5.91. The lowest BCUT2D eigenvalue weighted by molar-refractivity contribution is 0.320. The molecule has 0 bridgehead atoms. The molecule has 0 saturated carbocycles. The molecule has 0 amide bonds. The summed E-state index contributed by atoms with van der Waals surface area (Å²) in [5.41, 5.74) is 7.44. The second kappa shape index (κ2) is 4.70. The van der Waals surface area contributed by atoms with Crippen LogP contribution in [0.3, 0.4) is 0 Å². The second-order valence-electron chi connectivity index (χ2n) is 3.55. The summed E-state index contributed by atoms with van der Waals surface area (Å²) < 4.78 is 6.55. The van der Waals surface area contributed by atoms with Crippen LogP contribution in [0.4, 0.5) is 5.69 Å². The Bertz CT molecular complexity index is 514. The summed E-state index contributed by atoms with van der Waals surface area (Å²) in [7, 11) is 0. The van der Waals surface area contributed by atoms with Crippen molar-refractivity contribution < 1.29 is 4.74 Å². The van der Waals surface area contributed by atoms with Crippen LogP contribution < -0.4 is 10.5 Å². The Morgan fingerprint density at radius 3 is 3.00 bits per heavy atom. The van der Waals surface area contributed by atoms with Gasteiger partial charge in [0.2, 0.25) is 0 Å². The largest absolute Gasteiger partial charge is 0.491 e. The maximum atomic E-state index is 5.91. The average molecular weight is 281 g/mol. The molecule has 0 aliphatic rings. The molecule has 0 saturated heterocycles. The summed E-state index contributed by atoms with van der Waals surface area (Å²) in [6.07, 6.45) is 2.73. The molecule has 4 heteroatoms. The van der Waals surface area contributed by atoms with Gasteiger partial charge in [-0.05, 0) is 40.5 Å². The van der Waals surface area contributed by atoms with Crippen molar-refractivity contribution in [3.63, 3.8) is 0 Å². The van der Waals surface area contributed by atoms with Gasteiger partial charge in [0.15, 0.2) is 0 Å². The smallest absolute Gasteiger partial charge is 0.145 e. The first kappa shape index (κ1) is 11.2. The third-order valence-corrected chi connectivity index (χ3v) is 2.71. The maximum Gasteiger partial charge on any atom is 0.145 e. The first-order chi connectivity index (χ1) is 7.72. The van der Waals surface area contributed by atoms with Crippen LogP contribution in [0.5, 0.6) is 5.75 Å². The number of ether oxygens (including phenoxy) is 1. The number of nitrogens with zero attached hydrogens (tertiary/aromatic N) is 1. The van der Waals surface area contributed by atoms with Gasteiger partial charge in [-0.15, -0.1) is 0 Å². The molecule has 0 fully saturated rings. The first-order valence-electron chi connectivity index (χ1n) is 5.19. The van der Waals surface area contributed by atoms with Gasteiger partial charge in [-0.2, -0.15) is 0 Å². The zero-order valence-corrected chi connectivity index (χ0v) is 10.6. The highest BCUT2D eigenvalue weighted by Crippen LogP contribution is 2.30. The van der Waals surface area contributed by atoms with E-state index in [4.69, 9.17) is 10.5 Å². The molecule has 84 valence electrons. The van der Waals surface area contributed by atoms with Gasteiger partial charge < -0.3 is 10.5 Å². The predicted molar refractivity (Wildman–Crippen MR) is 69.6 cm³/mol. The van der Waals surface area contributed by atoms with Crippen molar-refractivity contribution in [3.8, 4) is 5.75 Å². The van der Waals surface area contributed by atoms with Crippen LogP contribution in [0.15, 0.2) is 28.9 Å². The fraction of sp³-hybridized carbons (Fsp3) is 0.250. The molecule has 2 N–H and O–H groups in total. The lowest BCUT2D eigenvalue weighted by Crippen LogP contribution is -1.98. The van der Waals surface area contributed by atoms with E-state index in [1.54, 1.807) is 6.20 Å². The number of hydrogen-bond acceptors (Lipinski definition) is 3. The predicted octanol–water partition coefficient (Wildman–Crippen LogP) is 3.37. The summed E-state index contributed by atoms with van der Waals surface area (Å²) in [5.74, 6) is 0.790. The number of pyridine rings is 1. The molecule has 0 spiro atoms. The van der Waals surface area contributed by atoms with Crippen LogP contribution in [0.1, 0.15) is 13.3 Å². The number of hydrogen-bond donors (Lipinski definition) is 1. The fourth-order valence-corrected chi connectivity index (χ4v) is 1.85. The fourth-order valence-electron chi connectivity index (χ4n) is 1.52. The molecule has 2 aromatic rings. The van der Waals surface area contributed by atoms with E-state index < -0.39 is 0 Å². The number of aromatic nitrogens is 1. The first-order valence-corrected chi connectivity index (χ1v) is 5.98. The summed E-state index contributed by atoms with van der Waals surface area (Å²) >= 11 is 3.38. The lowest BCUT2D eigenvalue weighted by Gasteiger charge is -2.09. The van der Waals surface area contributed by atoms with Crippen molar-refractivity contribution in [2.24, 2.45) is 0 Å². The molecule has 0 unspecified atom stereocenters. The minimum Gasteiger partial charge on any atom is -0.491 e. The van der Waals surface area contributed by atoms with Crippen LogP contribution in [0, 0.1) is 0 Å². The van der Waals surface area contributed by atoms with Crippen molar-refractivity contribution in [2.45, 2.75) is 13.3 Å². The normalized spacial score (nSPS) is 10.6. The summed E-state index contributed by atoms with van der Waals surface area (Å²) in [6, 6.07) is 5.67. The third kappa shape index (κ3) is 2.11. The number of anilines is 1. The minimum absolute atomic E-state index is 0.691. The highest BCUT2D eigenvalue weighted by atomic mass is 79.9. The van der Waals surface area contributed by atoms with E-state index in [-0.39, 0.29) is 0 Å². The Hall–Kier alpha value is -1.29. The Balaban J connectivity index is 2.55. The molecular formula is C12H13BrN2O. The van der Waals surface area contributed by atoms with E-state index in [9.17, 15) is 0 Å². The average Bonchev–Trinajstić information content (AvgIpc) is 2.29. The van der Waals surface area contributed by atoms with E-state index in [1.807, 2.05) is 18.2 Å². The molecule has 1 heterocycles. The molecule has 16 heavy (non-hydrogen) atoms. The molecular weight excluding hydrogens is 268 g/mol. The molecule has 0 aliphatic carbocycles. The number of halogens is 1. The van der Waals surface area contributed by atoms with E-state index >= 15 is 0 Å². The SMILES string of the molecule is CCCOc1ccc(N)c2cc(Br)cnc12. The Morgan fingerprint density at radius 2 is 2.25 bits per heavy atom. The molecule has 0 atom stereocenters. The van der Waals surface area contributed by atoms with Gasteiger partial charge >= 0.3 is 0 Å². The van der Waals surface area contributed by atoms with Crippen molar-refractivity contribution in [1.29, 1.82) is 0 Å². The van der Waals surface area contributed by atoms with E-state index in [0.29, 0.717) is 12.3 Å². The molecule has 1 aromatic carbocycles. The summed E-state index contributed by atoms with van der Waals surface area (Å²) in [6.45, 7) is 2.76. The van der Waals surface area contributed by atoms with Gasteiger partial charge in [0.25, 0.3) is 0 Å². The topological polar surface area (TPSA) is 48.1 Å². The van der Waals surface area contributed by atoms with Gasteiger partial charge in [-0.1, -0.05) is 6.92 Å². The van der Waals surface area contributed by atoms with Crippen molar-refractivity contribution in [1.82, 2.24) is 4.98 Å². The van der Waals surface area contributed by atoms with Gasteiger partial charge in [-0.3, -0.25) is 4.98 Å². The molecule has 2 rings (SSSR count). The van der Waals surface area contributed by atoms with Gasteiger partial charge in [0, 0.05) is 21.7 Å². The van der Waals surface area contributed by atoms with E-state index in [2.05, 4.69) is 27.8 Å². The quantitative estimate of drug-likeness (QED) is 0.877. The third-order valence-electron chi connectivity index (χ3n) is 2.27. The van der Waals surface area contributed by atoms with Crippen molar-refractivity contribution >= 4 is 32.5 Å².